The van der Waals surface area contributed by atoms with E-state index in [4.69, 9.17) is 21.1 Å². The van der Waals surface area contributed by atoms with Crippen molar-refractivity contribution >= 4 is 43.5 Å². The molecule has 0 aliphatic carbocycles. The van der Waals surface area contributed by atoms with E-state index >= 15 is 0 Å². The van der Waals surface area contributed by atoms with Crippen LogP contribution < -0.4 is 9.47 Å². The highest BCUT2D eigenvalue weighted by atomic mass is 79.9. The highest BCUT2D eigenvalue weighted by molar-refractivity contribution is 9.11. The normalized spacial score (nSPS) is 14.9. The lowest BCUT2D eigenvalue weighted by molar-refractivity contribution is 0.171. The molecule has 1 heterocycles. The minimum atomic E-state index is -0.0184. The van der Waals surface area contributed by atoms with Gasteiger partial charge in [0.15, 0.2) is 11.5 Å². The highest BCUT2D eigenvalue weighted by Crippen LogP contribution is 2.44. The summed E-state index contributed by atoms with van der Waals surface area (Å²) in [6, 6.07) is 9.98. The van der Waals surface area contributed by atoms with Crippen LogP contribution in [0.2, 0.25) is 5.02 Å². The van der Waals surface area contributed by atoms with E-state index in [2.05, 4.69) is 31.9 Å². The number of hydrogen-bond donors (Lipinski definition) is 0. The van der Waals surface area contributed by atoms with Crippen molar-refractivity contribution < 1.29 is 9.47 Å². The van der Waals surface area contributed by atoms with Crippen LogP contribution in [0, 0.1) is 6.92 Å². The van der Waals surface area contributed by atoms with Gasteiger partial charge >= 0.3 is 0 Å². The monoisotopic (exact) mass is 430 g/mol. The van der Waals surface area contributed by atoms with Crippen molar-refractivity contribution in [1.29, 1.82) is 0 Å². The van der Waals surface area contributed by atoms with Crippen LogP contribution in [-0.2, 0) is 0 Å². The third-order valence-electron chi connectivity index (χ3n) is 3.43. The molecule has 0 bridgehead atoms. The minimum Gasteiger partial charge on any atom is -0.486 e. The van der Waals surface area contributed by atoms with E-state index in [1.165, 1.54) is 0 Å². The molecule has 0 N–H and O–H groups in total. The largest absolute Gasteiger partial charge is 0.486 e. The molecule has 3 rings (SSSR count). The molecule has 21 heavy (non-hydrogen) atoms. The van der Waals surface area contributed by atoms with E-state index in [-0.39, 0.29) is 4.83 Å². The van der Waals surface area contributed by atoms with E-state index in [1.54, 1.807) is 0 Å². The lowest BCUT2D eigenvalue weighted by Crippen LogP contribution is -2.15. The molecule has 0 amide bonds. The van der Waals surface area contributed by atoms with Crippen molar-refractivity contribution in [1.82, 2.24) is 0 Å². The Balaban J connectivity index is 2.05. The van der Waals surface area contributed by atoms with Gasteiger partial charge in [0.1, 0.15) is 13.2 Å². The number of benzene rings is 2. The van der Waals surface area contributed by atoms with E-state index < -0.39 is 0 Å². The van der Waals surface area contributed by atoms with Crippen molar-refractivity contribution in [2.24, 2.45) is 0 Å². The van der Waals surface area contributed by atoms with E-state index in [9.17, 15) is 0 Å². The molecular weight excluding hydrogens is 419 g/mol. The van der Waals surface area contributed by atoms with Crippen molar-refractivity contribution in [2.75, 3.05) is 13.2 Å². The molecule has 0 saturated carbocycles. The summed E-state index contributed by atoms with van der Waals surface area (Å²) >= 11 is 13.8. The summed E-state index contributed by atoms with van der Waals surface area (Å²) in [5.74, 6) is 1.54. The fourth-order valence-electron chi connectivity index (χ4n) is 2.31. The van der Waals surface area contributed by atoms with Crippen molar-refractivity contribution in [2.45, 2.75) is 11.8 Å². The molecule has 0 fully saturated rings. The van der Waals surface area contributed by atoms with Gasteiger partial charge in [-0.1, -0.05) is 61.7 Å². The third kappa shape index (κ3) is 2.94. The zero-order chi connectivity index (χ0) is 15.0. The van der Waals surface area contributed by atoms with Crippen LogP contribution in [0.15, 0.2) is 34.8 Å². The van der Waals surface area contributed by atoms with Gasteiger partial charge in [-0.25, -0.2) is 0 Å². The summed E-state index contributed by atoms with van der Waals surface area (Å²) in [4.78, 5) is -0.0184. The van der Waals surface area contributed by atoms with Crippen molar-refractivity contribution in [3.8, 4) is 11.5 Å². The van der Waals surface area contributed by atoms with Gasteiger partial charge in [0.25, 0.3) is 0 Å². The predicted molar refractivity (Wildman–Crippen MR) is 92.1 cm³/mol. The summed E-state index contributed by atoms with van der Waals surface area (Å²) in [6.07, 6.45) is 0. The molecule has 2 aromatic rings. The van der Waals surface area contributed by atoms with Gasteiger partial charge in [-0.2, -0.15) is 0 Å². The fourth-order valence-corrected chi connectivity index (χ4v) is 4.29. The molecule has 0 saturated heterocycles. The number of halogens is 3. The molecule has 1 atom stereocenters. The number of fused-ring (bicyclic) bond motifs is 1. The Bertz CT molecular complexity index is 688. The Labute approximate surface area is 145 Å². The maximum absolute atomic E-state index is 6.43. The molecule has 110 valence electrons. The van der Waals surface area contributed by atoms with Crippen LogP contribution in [0.1, 0.15) is 21.5 Å². The Morgan fingerprint density at radius 2 is 1.76 bits per heavy atom. The Morgan fingerprint density at radius 3 is 2.48 bits per heavy atom. The van der Waals surface area contributed by atoms with Crippen LogP contribution in [0.5, 0.6) is 11.5 Å². The maximum atomic E-state index is 6.43. The summed E-state index contributed by atoms with van der Waals surface area (Å²) in [5.41, 5.74) is 3.16. The zero-order valence-corrected chi connectivity index (χ0v) is 15.3. The van der Waals surface area contributed by atoms with Gasteiger partial charge in [0.05, 0.1) is 4.83 Å². The number of ether oxygens (including phenoxy) is 2. The van der Waals surface area contributed by atoms with Crippen LogP contribution >= 0.6 is 43.5 Å². The van der Waals surface area contributed by atoms with Crippen LogP contribution in [0.25, 0.3) is 0 Å². The summed E-state index contributed by atoms with van der Waals surface area (Å²) in [7, 11) is 0. The van der Waals surface area contributed by atoms with Crippen molar-refractivity contribution in [3.05, 3.63) is 56.5 Å². The Hall–Kier alpha value is -0.710. The van der Waals surface area contributed by atoms with Crippen LogP contribution in [0.4, 0.5) is 0 Å². The van der Waals surface area contributed by atoms with Crippen LogP contribution in [0.3, 0.4) is 0 Å². The molecule has 0 spiro atoms. The van der Waals surface area contributed by atoms with Gasteiger partial charge in [-0.05, 0) is 35.7 Å². The molecule has 2 nitrogen and oxygen atoms in total. The van der Waals surface area contributed by atoms with Gasteiger partial charge in [-0.15, -0.1) is 0 Å². The maximum Gasteiger partial charge on any atom is 0.162 e. The fraction of sp³-hybridized carbons (Fsp3) is 0.250. The predicted octanol–water partition coefficient (Wildman–Crippen LogP) is 5.67. The summed E-state index contributed by atoms with van der Waals surface area (Å²) < 4.78 is 12.2. The topological polar surface area (TPSA) is 18.5 Å². The second-order valence-electron chi connectivity index (χ2n) is 4.86. The average Bonchev–Trinajstić information content (AvgIpc) is 2.48. The molecule has 5 heteroatoms. The molecule has 0 aromatic heterocycles. The standard InChI is InChI=1S/C16H13Br2ClO2/c1-9-3-2-4-10(16(9)19)15(18)11-7-13-14(8-12(11)17)21-6-5-20-13/h2-4,7-8,15H,5-6H2,1H3. The molecule has 1 unspecified atom stereocenters. The van der Waals surface area contributed by atoms with Gasteiger partial charge in [0.2, 0.25) is 0 Å². The first-order valence-electron chi connectivity index (χ1n) is 6.56. The Kier molecular flexibility index (Phi) is 4.48. The van der Waals surface area contributed by atoms with Crippen molar-refractivity contribution in [3.63, 3.8) is 0 Å². The quantitative estimate of drug-likeness (QED) is 0.570. The first-order chi connectivity index (χ1) is 10.1. The average molecular weight is 433 g/mol. The highest BCUT2D eigenvalue weighted by Gasteiger charge is 2.21. The number of alkyl halides is 1. The van der Waals surface area contributed by atoms with Gasteiger partial charge in [-0.3, -0.25) is 0 Å². The molecule has 1 aliphatic heterocycles. The Morgan fingerprint density at radius 1 is 1.10 bits per heavy atom. The smallest absolute Gasteiger partial charge is 0.162 e. The van der Waals surface area contributed by atoms with Gasteiger partial charge < -0.3 is 9.47 Å². The molecule has 0 radical (unpaired) electrons. The van der Waals surface area contributed by atoms with E-state index in [0.29, 0.717) is 13.2 Å². The zero-order valence-electron chi connectivity index (χ0n) is 11.3. The second-order valence-corrected chi connectivity index (χ2v) is 7.01. The molecule has 1 aliphatic rings. The van der Waals surface area contributed by atoms with Crippen LogP contribution in [-0.4, -0.2) is 13.2 Å². The molecular formula is C16H13Br2ClO2. The first-order valence-corrected chi connectivity index (χ1v) is 8.64. The van der Waals surface area contributed by atoms with Gasteiger partial charge in [0, 0.05) is 9.50 Å². The van der Waals surface area contributed by atoms with E-state index in [1.807, 2.05) is 37.3 Å². The summed E-state index contributed by atoms with van der Waals surface area (Å²) in [5, 5.41) is 0.779. The molecule has 2 aromatic carbocycles. The lowest BCUT2D eigenvalue weighted by atomic mass is 10.0. The number of hydrogen-bond acceptors (Lipinski definition) is 2. The number of aryl methyl sites for hydroxylation is 1. The lowest BCUT2D eigenvalue weighted by Gasteiger charge is -2.22. The second kappa shape index (κ2) is 6.19. The summed E-state index contributed by atoms with van der Waals surface area (Å²) in [6.45, 7) is 3.16. The first kappa shape index (κ1) is 15.2. The van der Waals surface area contributed by atoms with E-state index in [0.717, 1.165) is 37.7 Å². The third-order valence-corrected chi connectivity index (χ3v) is 5.62. The minimum absolute atomic E-state index is 0.0184. The SMILES string of the molecule is Cc1cccc(C(Br)c2cc3c(cc2Br)OCCO3)c1Cl. The number of rotatable bonds is 2.